The number of amides is 2. The molecule has 0 spiro atoms. The predicted molar refractivity (Wildman–Crippen MR) is 129 cm³/mol. The van der Waals surface area contributed by atoms with Gasteiger partial charge in [-0.1, -0.05) is 25.3 Å². The summed E-state index contributed by atoms with van der Waals surface area (Å²) in [5, 5.41) is 6.50. The fraction of sp³-hybridized carbons (Fsp3) is 0.538. The molecule has 2 aliphatic rings. The van der Waals surface area contributed by atoms with Crippen molar-refractivity contribution in [1.29, 1.82) is 0 Å². The fourth-order valence-electron chi connectivity index (χ4n) is 5.35. The third-order valence-electron chi connectivity index (χ3n) is 6.84. The van der Waals surface area contributed by atoms with Gasteiger partial charge >= 0.3 is 0 Å². The Bertz CT molecular complexity index is 972. The lowest BCUT2D eigenvalue weighted by Crippen LogP contribution is -2.53. The Morgan fingerprint density at radius 1 is 1.15 bits per heavy atom. The van der Waals surface area contributed by atoms with Crippen LogP contribution in [0, 0.1) is 6.92 Å². The quantitative estimate of drug-likeness (QED) is 0.680. The lowest BCUT2D eigenvalue weighted by atomic mass is 9.78. The smallest absolute Gasteiger partial charge is 0.224 e. The number of piperidine rings is 1. The second-order valence-corrected chi connectivity index (χ2v) is 9.64. The summed E-state index contributed by atoms with van der Waals surface area (Å²) >= 11 is 0. The molecule has 2 fully saturated rings. The van der Waals surface area contributed by atoms with Crippen molar-refractivity contribution < 1.29 is 9.59 Å². The first-order chi connectivity index (χ1) is 15.9. The molecule has 1 atom stereocenters. The van der Waals surface area contributed by atoms with E-state index in [-0.39, 0.29) is 23.3 Å². The molecule has 0 bridgehead atoms. The van der Waals surface area contributed by atoms with E-state index in [0.29, 0.717) is 13.0 Å². The molecular formula is C26H35N5O2. The Kier molecular flexibility index (Phi) is 7.26. The van der Waals surface area contributed by atoms with Crippen molar-refractivity contribution in [3.63, 3.8) is 0 Å². The molecule has 33 heavy (non-hydrogen) atoms. The second kappa shape index (κ2) is 10.3. The van der Waals surface area contributed by atoms with Crippen LogP contribution in [-0.2, 0) is 9.59 Å². The topological polar surface area (TPSA) is 87.2 Å². The third kappa shape index (κ3) is 6.09. The Labute approximate surface area is 196 Å². The number of aryl methyl sites for hydroxylation is 1. The summed E-state index contributed by atoms with van der Waals surface area (Å²) < 4.78 is 0. The van der Waals surface area contributed by atoms with Gasteiger partial charge in [0.1, 0.15) is 5.82 Å². The zero-order chi connectivity index (χ0) is 23.3. The summed E-state index contributed by atoms with van der Waals surface area (Å²) in [6.07, 6.45) is 9.21. The summed E-state index contributed by atoms with van der Waals surface area (Å²) in [4.78, 5) is 36.3. The highest BCUT2D eigenvalue weighted by atomic mass is 16.2. The predicted octanol–water partition coefficient (Wildman–Crippen LogP) is 4.46. The van der Waals surface area contributed by atoms with Gasteiger partial charge in [-0.15, -0.1) is 0 Å². The Morgan fingerprint density at radius 3 is 2.70 bits per heavy atom. The Balaban J connectivity index is 1.45. The lowest BCUT2D eigenvalue weighted by molar-refractivity contribution is -0.135. The van der Waals surface area contributed by atoms with E-state index >= 15 is 0 Å². The minimum atomic E-state index is -0.379. The van der Waals surface area contributed by atoms with Crippen LogP contribution in [0.3, 0.4) is 0 Å². The maximum atomic E-state index is 13.3. The summed E-state index contributed by atoms with van der Waals surface area (Å²) in [6, 6.07) is 9.89. The van der Waals surface area contributed by atoms with Gasteiger partial charge in [-0.2, -0.15) is 0 Å². The van der Waals surface area contributed by atoms with Crippen LogP contribution in [0.25, 0.3) is 0 Å². The minimum Gasteiger partial charge on any atom is -0.350 e. The van der Waals surface area contributed by atoms with Crippen LogP contribution >= 0.6 is 0 Å². The molecule has 2 aromatic heterocycles. The number of hydrogen-bond donors (Lipinski definition) is 2. The standard InChI is InChI=1S/C26H35N5O2/c1-19-15-22(29-24-10-4-7-13-27-24)16-23(28-19)21-9-8-14-31(18-21)25(33)17-26(30-20(2)32)11-5-3-6-12-26/h4,7,10,13,15-16,21H,3,5-6,8-9,11-12,14,17-18H2,1-2H3,(H,30,32)(H,27,28,29)/t21-/m1/s1. The highest BCUT2D eigenvalue weighted by molar-refractivity contribution is 5.80. The van der Waals surface area contributed by atoms with Gasteiger partial charge in [-0.05, 0) is 56.9 Å². The van der Waals surface area contributed by atoms with Gasteiger partial charge in [-0.3, -0.25) is 14.6 Å². The molecular weight excluding hydrogens is 414 g/mol. The number of pyridine rings is 2. The highest BCUT2D eigenvalue weighted by Gasteiger charge is 2.37. The number of likely N-dealkylation sites (tertiary alicyclic amines) is 1. The van der Waals surface area contributed by atoms with Gasteiger partial charge in [0.2, 0.25) is 11.8 Å². The van der Waals surface area contributed by atoms with E-state index in [0.717, 1.165) is 68.0 Å². The van der Waals surface area contributed by atoms with E-state index in [1.807, 2.05) is 36.1 Å². The van der Waals surface area contributed by atoms with E-state index in [2.05, 4.69) is 21.7 Å². The average Bonchev–Trinajstić information content (AvgIpc) is 2.79. The van der Waals surface area contributed by atoms with Crippen LogP contribution in [0.15, 0.2) is 36.5 Å². The van der Waals surface area contributed by atoms with Crippen molar-refractivity contribution in [1.82, 2.24) is 20.2 Å². The molecule has 1 aliphatic carbocycles. The van der Waals surface area contributed by atoms with Crippen LogP contribution < -0.4 is 10.6 Å². The van der Waals surface area contributed by atoms with Gasteiger partial charge in [0.25, 0.3) is 0 Å². The van der Waals surface area contributed by atoms with Crippen LogP contribution in [0.4, 0.5) is 11.5 Å². The van der Waals surface area contributed by atoms with E-state index in [9.17, 15) is 9.59 Å². The van der Waals surface area contributed by atoms with Gasteiger partial charge in [-0.25, -0.2) is 4.98 Å². The van der Waals surface area contributed by atoms with Gasteiger partial charge in [0.15, 0.2) is 0 Å². The zero-order valence-corrected chi connectivity index (χ0v) is 19.8. The number of nitrogens with one attached hydrogen (secondary N) is 2. The van der Waals surface area contributed by atoms with Crippen molar-refractivity contribution in [3.05, 3.63) is 47.9 Å². The molecule has 7 nitrogen and oxygen atoms in total. The lowest BCUT2D eigenvalue weighted by Gasteiger charge is -2.40. The second-order valence-electron chi connectivity index (χ2n) is 9.64. The van der Waals surface area contributed by atoms with Crippen LogP contribution in [-0.4, -0.2) is 45.3 Å². The largest absolute Gasteiger partial charge is 0.350 e. The van der Waals surface area contributed by atoms with E-state index in [4.69, 9.17) is 4.98 Å². The van der Waals surface area contributed by atoms with Crippen molar-refractivity contribution in [3.8, 4) is 0 Å². The van der Waals surface area contributed by atoms with Gasteiger partial charge in [0.05, 0.1) is 0 Å². The molecule has 3 heterocycles. The van der Waals surface area contributed by atoms with E-state index in [1.165, 1.54) is 6.42 Å². The van der Waals surface area contributed by atoms with E-state index in [1.54, 1.807) is 13.1 Å². The molecule has 2 N–H and O–H groups in total. The van der Waals surface area contributed by atoms with Crippen molar-refractivity contribution in [2.45, 2.75) is 76.7 Å². The molecule has 0 unspecified atom stereocenters. The number of nitrogens with zero attached hydrogens (tertiary/aromatic N) is 3. The Morgan fingerprint density at radius 2 is 1.97 bits per heavy atom. The molecule has 1 saturated heterocycles. The Hall–Kier alpha value is -2.96. The minimum absolute atomic E-state index is 0.0434. The fourth-order valence-corrected chi connectivity index (χ4v) is 5.35. The van der Waals surface area contributed by atoms with E-state index < -0.39 is 0 Å². The first-order valence-corrected chi connectivity index (χ1v) is 12.2. The molecule has 7 heteroatoms. The number of carbonyl (C=O) groups is 2. The number of anilines is 2. The summed E-state index contributed by atoms with van der Waals surface area (Å²) in [5.74, 6) is 1.10. The first kappa shape index (κ1) is 23.2. The first-order valence-electron chi connectivity index (χ1n) is 12.2. The number of hydrogen-bond acceptors (Lipinski definition) is 5. The molecule has 1 aliphatic heterocycles. The highest BCUT2D eigenvalue weighted by Crippen LogP contribution is 2.34. The maximum absolute atomic E-state index is 13.3. The van der Waals surface area contributed by atoms with Crippen molar-refractivity contribution in [2.75, 3.05) is 18.4 Å². The molecule has 0 radical (unpaired) electrons. The zero-order valence-electron chi connectivity index (χ0n) is 19.8. The molecule has 1 saturated carbocycles. The maximum Gasteiger partial charge on any atom is 0.224 e. The van der Waals surface area contributed by atoms with Crippen LogP contribution in [0.5, 0.6) is 0 Å². The number of carbonyl (C=O) groups excluding carboxylic acids is 2. The molecule has 0 aromatic carbocycles. The SMILES string of the molecule is CC(=O)NC1(CC(=O)N2CCC[C@@H](c3cc(Nc4ccccn4)cc(C)n3)C2)CCCCC1. The monoisotopic (exact) mass is 449 g/mol. The summed E-state index contributed by atoms with van der Waals surface area (Å²) in [7, 11) is 0. The van der Waals surface area contributed by atoms with Gasteiger partial charge < -0.3 is 15.5 Å². The molecule has 2 aromatic rings. The van der Waals surface area contributed by atoms with Crippen molar-refractivity contribution in [2.24, 2.45) is 0 Å². The van der Waals surface area contributed by atoms with Crippen LogP contribution in [0.2, 0.25) is 0 Å². The third-order valence-corrected chi connectivity index (χ3v) is 6.84. The normalized spacial score (nSPS) is 20.2. The molecule has 176 valence electrons. The average molecular weight is 450 g/mol. The number of rotatable bonds is 6. The van der Waals surface area contributed by atoms with Crippen LogP contribution in [0.1, 0.15) is 75.6 Å². The molecule has 2 amide bonds. The van der Waals surface area contributed by atoms with Crippen molar-refractivity contribution >= 4 is 23.3 Å². The molecule has 4 rings (SSSR count). The van der Waals surface area contributed by atoms with Gasteiger partial charge in [0, 0.05) is 61.2 Å². The summed E-state index contributed by atoms with van der Waals surface area (Å²) in [6.45, 7) is 5.00. The number of aromatic nitrogens is 2. The summed E-state index contributed by atoms with van der Waals surface area (Å²) in [5.41, 5.74) is 2.54.